The van der Waals surface area contributed by atoms with Gasteiger partial charge in [0, 0.05) is 0 Å². The quantitative estimate of drug-likeness (QED) is 0.840. The molecule has 1 saturated heterocycles. The first-order valence-electron chi connectivity index (χ1n) is 8.16. The summed E-state index contributed by atoms with van der Waals surface area (Å²) in [5.74, 6) is -1.54. The Bertz CT molecular complexity index is 836. The first-order valence-corrected chi connectivity index (χ1v) is 8.16. The second-order valence-electron chi connectivity index (χ2n) is 6.23. The normalized spacial score (nSPS) is 20.3. The number of halogens is 1. The Hall–Kier alpha value is -2.89. The molecule has 0 spiro atoms. The van der Waals surface area contributed by atoms with Gasteiger partial charge < -0.3 is 15.0 Å². The van der Waals surface area contributed by atoms with Crippen LogP contribution < -0.4 is 5.32 Å². The molecule has 0 aliphatic carbocycles. The van der Waals surface area contributed by atoms with E-state index in [-0.39, 0.29) is 29.4 Å². The smallest absolute Gasteiger partial charge is 0.342 e. The van der Waals surface area contributed by atoms with Crippen LogP contribution in [-0.4, -0.2) is 24.0 Å². The van der Waals surface area contributed by atoms with Crippen molar-refractivity contribution in [2.24, 2.45) is 0 Å². The lowest BCUT2D eigenvalue weighted by Crippen LogP contribution is -2.33. The van der Waals surface area contributed by atoms with Crippen molar-refractivity contribution in [2.75, 3.05) is 12.4 Å². The molecule has 2 unspecified atom stereocenters. The van der Waals surface area contributed by atoms with E-state index in [0.29, 0.717) is 0 Å². The van der Waals surface area contributed by atoms with Crippen molar-refractivity contribution in [1.29, 1.82) is 0 Å². The number of nitrogens with one attached hydrogen (secondary N) is 1. The van der Waals surface area contributed by atoms with E-state index in [1.165, 1.54) is 30.4 Å². The predicted octanol–water partition coefficient (Wildman–Crippen LogP) is 4.04. The molecule has 2 aliphatic rings. The fourth-order valence-corrected chi connectivity index (χ4v) is 3.94. The fraction of sp³-hybridized carbons (Fsp3) is 0.263. The molecule has 2 aliphatic heterocycles. The standard InChI is InChI=1S/C19H17FN2O3/c1-25-18(23)17-13(20)7-4-8-14(17)21-19(24)22-15-9-10-16(22)12-6-3-2-5-11(12)15/h2-8,15-16H,9-10H2,1H3,(H,21,24). The number of amides is 2. The number of carbonyl (C=O) groups excluding carboxylic acids is 2. The molecule has 25 heavy (non-hydrogen) atoms. The summed E-state index contributed by atoms with van der Waals surface area (Å²) < 4.78 is 18.7. The van der Waals surface area contributed by atoms with Gasteiger partial charge in [-0.1, -0.05) is 30.3 Å². The van der Waals surface area contributed by atoms with Crippen LogP contribution in [0.2, 0.25) is 0 Å². The van der Waals surface area contributed by atoms with Gasteiger partial charge in [-0.15, -0.1) is 0 Å². The van der Waals surface area contributed by atoms with Crippen LogP contribution >= 0.6 is 0 Å². The van der Waals surface area contributed by atoms with Crippen molar-refractivity contribution < 1.29 is 18.7 Å². The summed E-state index contributed by atoms with van der Waals surface area (Å²) in [4.78, 5) is 26.5. The molecule has 128 valence electrons. The van der Waals surface area contributed by atoms with Gasteiger partial charge in [0.1, 0.15) is 11.4 Å². The van der Waals surface area contributed by atoms with Gasteiger partial charge in [0.15, 0.2) is 0 Å². The molecule has 2 atom stereocenters. The summed E-state index contributed by atoms with van der Waals surface area (Å²) in [6, 6.07) is 11.9. The van der Waals surface area contributed by atoms with Gasteiger partial charge in [0.05, 0.1) is 24.9 Å². The zero-order valence-electron chi connectivity index (χ0n) is 13.7. The van der Waals surface area contributed by atoms with E-state index in [0.717, 1.165) is 18.9 Å². The maximum absolute atomic E-state index is 14.0. The molecule has 5 nitrogen and oxygen atoms in total. The van der Waals surface area contributed by atoms with Gasteiger partial charge in [-0.25, -0.2) is 14.0 Å². The van der Waals surface area contributed by atoms with Gasteiger partial charge in [0.25, 0.3) is 0 Å². The minimum absolute atomic E-state index is 0.0244. The van der Waals surface area contributed by atoms with Gasteiger partial charge in [-0.2, -0.15) is 0 Å². The average molecular weight is 340 g/mol. The van der Waals surface area contributed by atoms with Gasteiger partial charge in [0.2, 0.25) is 0 Å². The predicted molar refractivity (Wildman–Crippen MR) is 89.8 cm³/mol. The van der Waals surface area contributed by atoms with Crippen molar-refractivity contribution >= 4 is 17.7 Å². The molecular weight excluding hydrogens is 323 g/mol. The van der Waals surface area contributed by atoms with Crippen molar-refractivity contribution in [3.63, 3.8) is 0 Å². The number of methoxy groups -OCH3 is 1. The molecule has 2 aromatic carbocycles. The molecule has 0 saturated carbocycles. The number of esters is 1. The summed E-state index contributed by atoms with van der Waals surface area (Å²) >= 11 is 0. The average Bonchev–Trinajstić information content (AvgIpc) is 3.19. The maximum Gasteiger partial charge on any atom is 0.342 e. The SMILES string of the molecule is COC(=O)c1c(F)cccc1NC(=O)N1C2CCC1c1ccccc12. The third-order valence-corrected chi connectivity index (χ3v) is 4.98. The zero-order chi connectivity index (χ0) is 17.6. The summed E-state index contributed by atoms with van der Waals surface area (Å²) in [6.45, 7) is 0. The molecule has 2 bridgehead atoms. The third kappa shape index (κ3) is 2.36. The Morgan fingerprint density at radius 2 is 1.72 bits per heavy atom. The van der Waals surface area contributed by atoms with Crippen molar-refractivity contribution in [3.8, 4) is 0 Å². The number of urea groups is 1. The highest BCUT2D eigenvalue weighted by atomic mass is 19.1. The molecule has 6 heteroatoms. The third-order valence-electron chi connectivity index (χ3n) is 4.98. The number of ether oxygens (including phenoxy) is 1. The highest BCUT2D eigenvalue weighted by molar-refractivity contribution is 6.01. The summed E-state index contributed by atoms with van der Waals surface area (Å²) in [5, 5.41) is 2.69. The van der Waals surface area contributed by atoms with Gasteiger partial charge in [-0.3, -0.25) is 0 Å². The van der Waals surface area contributed by atoms with Crippen LogP contribution in [0.3, 0.4) is 0 Å². The Morgan fingerprint density at radius 1 is 1.08 bits per heavy atom. The number of rotatable bonds is 2. The number of hydrogen-bond donors (Lipinski definition) is 1. The Morgan fingerprint density at radius 3 is 2.32 bits per heavy atom. The van der Waals surface area contributed by atoms with Crippen LogP contribution in [0.15, 0.2) is 42.5 Å². The van der Waals surface area contributed by atoms with Crippen LogP contribution in [0.1, 0.15) is 46.4 Å². The van der Waals surface area contributed by atoms with E-state index in [9.17, 15) is 14.0 Å². The second kappa shape index (κ2) is 5.88. The lowest BCUT2D eigenvalue weighted by Gasteiger charge is -2.23. The largest absolute Gasteiger partial charge is 0.465 e. The topological polar surface area (TPSA) is 58.6 Å². The Labute approximate surface area is 144 Å². The molecule has 1 fully saturated rings. The lowest BCUT2D eigenvalue weighted by molar-refractivity contribution is 0.0597. The van der Waals surface area contributed by atoms with E-state index in [4.69, 9.17) is 0 Å². The van der Waals surface area contributed by atoms with E-state index in [1.54, 1.807) is 4.90 Å². The second-order valence-corrected chi connectivity index (χ2v) is 6.23. The van der Waals surface area contributed by atoms with E-state index >= 15 is 0 Å². The van der Waals surface area contributed by atoms with Crippen molar-refractivity contribution in [3.05, 3.63) is 65.0 Å². The Kier molecular flexibility index (Phi) is 3.67. The molecule has 2 aromatic rings. The monoisotopic (exact) mass is 340 g/mol. The number of hydrogen-bond acceptors (Lipinski definition) is 3. The van der Waals surface area contributed by atoms with Crippen molar-refractivity contribution in [1.82, 2.24) is 4.90 Å². The molecule has 2 heterocycles. The number of benzene rings is 2. The molecule has 1 N–H and O–H groups in total. The van der Waals surface area contributed by atoms with E-state index < -0.39 is 11.8 Å². The van der Waals surface area contributed by atoms with Crippen LogP contribution in [0.5, 0.6) is 0 Å². The number of anilines is 1. The molecule has 4 rings (SSSR count). The van der Waals surface area contributed by atoms with Gasteiger partial charge in [-0.05, 0) is 36.1 Å². The van der Waals surface area contributed by atoms with Crippen LogP contribution in [0, 0.1) is 5.82 Å². The molecule has 0 radical (unpaired) electrons. The van der Waals surface area contributed by atoms with E-state index in [2.05, 4.69) is 10.1 Å². The zero-order valence-corrected chi connectivity index (χ0v) is 13.7. The number of carbonyl (C=O) groups is 2. The maximum atomic E-state index is 14.0. The first kappa shape index (κ1) is 15.6. The lowest BCUT2D eigenvalue weighted by atomic mass is 9.92. The number of fused-ring (bicyclic) bond motifs is 5. The van der Waals surface area contributed by atoms with Gasteiger partial charge >= 0.3 is 12.0 Å². The highest BCUT2D eigenvalue weighted by Gasteiger charge is 2.46. The summed E-state index contributed by atoms with van der Waals surface area (Å²) in [6.07, 6.45) is 1.81. The fourth-order valence-electron chi connectivity index (χ4n) is 3.94. The molecular formula is C19H17FN2O3. The first-order chi connectivity index (χ1) is 12.1. The van der Waals surface area contributed by atoms with E-state index in [1.807, 2.05) is 24.3 Å². The van der Waals surface area contributed by atoms with Crippen LogP contribution in [-0.2, 0) is 4.74 Å². The highest BCUT2D eigenvalue weighted by Crippen LogP contribution is 2.53. The minimum Gasteiger partial charge on any atom is -0.465 e. The molecule has 2 amide bonds. The number of nitrogens with zero attached hydrogens (tertiary/aromatic N) is 1. The van der Waals surface area contributed by atoms with Crippen LogP contribution in [0.25, 0.3) is 0 Å². The summed E-state index contributed by atoms with van der Waals surface area (Å²) in [5.41, 5.74) is 2.19. The minimum atomic E-state index is -0.818. The Balaban J connectivity index is 1.63. The summed E-state index contributed by atoms with van der Waals surface area (Å²) in [7, 11) is 1.18. The van der Waals surface area contributed by atoms with Crippen LogP contribution in [0.4, 0.5) is 14.9 Å². The van der Waals surface area contributed by atoms with Crippen molar-refractivity contribution in [2.45, 2.75) is 24.9 Å². The molecule has 0 aromatic heterocycles.